The SMILES string of the molecule is Cc1ccc(C(=O)N2CCC(NC(=O)COc3ccccc3C=O)CC2)cc1. The fourth-order valence-corrected chi connectivity index (χ4v) is 3.23. The van der Waals surface area contributed by atoms with E-state index in [4.69, 9.17) is 4.74 Å². The highest BCUT2D eigenvalue weighted by molar-refractivity contribution is 5.94. The molecule has 3 rings (SSSR count). The second-order valence-electron chi connectivity index (χ2n) is 6.94. The van der Waals surface area contributed by atoms with E-state index in [2.05, 4.69) is 5.32 Å². The van der Waals surface area contributed by atoms with Crippen molar-refractivity contribution in [3.63, 3.8) is 0 Å². The van der Waals surface area contributed by atoms with Gasteiger partial charge in [-0.05, 0) is 44.0 Å². The van der Waals surface area contributed by atoms with Crippen molar-refractivity contribution in [2.24, 2.45) is 0 Å². The minimum Gasteiger partial charge on any atom is -0.483 e. The van der Waals surface area contributed by atoms with Crippen molar-refractivity contribution in [3.8, 4) is 5.75 Å². The van der Waals surface area contributed by atoms with Crippen LogP contribution >= 0.6 is 0 Å². The van der Waals surface area contributed by atoms with Gasteiger partial charge in [-0.25, -0.2) is 0 Å². The molecule has 2 aromatic carbocycles. The van der Waals surface area contributed by atoms with E-state index >= 15 is 0 Å². The number of benzene rings is 2. The van der Waals surface area contributed by atoms with Crippen LogP contribution in [0.1, 0.15) is 39.1 Å². The van der Waals surface area contributed by atoms with E-state index in [1.54, 1.807) is 24.3 Å². The van der Waals surface area contributed by atoms with Crippen LogP contribution < -0.4 is 10.1 Å². The van der Waals surface area contributed by atoms with Gasteiger partial charge in [-0.3, -0.25) is 14.4 Å². The third-order valence-electron chi connectivity index (χ3n) is 4.85. The van der Waals surface area contributed by atoms with E-state index in [0.717, 1.165) is 5.56 Å². The standard InChI is InChI=1S/C22H24N2O4/c1-16-6-8-17(9-7-16)22(27)24-12-10-19(11-13-24)23-21(26)15-28-20-5-3-2-4-18(20)14-25/h2-9,14,19H,10-13,15H2,1H3,(H,23,26). The van der Waals surface area contributed by atoms with Crippen LogP contribution in [0.5, 0.6) is 5.75 Å². The zero-order valence-corrected chi connectivity index (χ0v) is 15.9. The average molecular weight is 380 g/mol. The van der Waals surface area contributed by atoms with E-state index in [1.807, 2.05) is 36.1 Å². The number of carbonyl (C=O) groups excluding carboxylic acids is 3. The zero-order valence-electron chi connectivity index (χ0n) is 15.9. The number of piperidine rings is 1. The molecule has 28 heavy (non-hydrogen) atoms. The summed E-state index contributed by atoms with van der Waals surface area (Å²) in [5.74, 6) is 0.189. The maximum Gasteiger partial charge on any atom is 0.258 e. The lowest BCUT2D eigenvalue weighted by molar-refractivity contribution is -0.124. The van der Waals surface area contributed by atoms with Gasteiger partial charge in [0.1, 0.15) is 5.75 Å². The van der Waals surface area contributed by atoms with E-state index < -0.39 is 0 Å². The van der Waals surface area contributed by atoms with Crippen LogP contribution in [0.25, 0.3) is 0 Å². The first kappa shape index (κ1) is 19.6. The molecule has 1 aliphatic rings. The molecule has 1 heterocycles. The van der Waals surface area contributed by atoms with E-state index in [1.165, 1.54) is 0 Å². The van der Waals surface area contributed by atoms with E-state index in [-0.39, 0.29) is 24.5 Å². The third-order valence-corrected chi connectivity index (χ3v) is 4.85. The first-order chi connectivity index (χ1) is 13.6. The summed E-state index contributed by atoms with van der Waals surface area (Å²) < 4.78 is 5.45. The average Bonchev–Trinajstić information content (AvgIpc) is 2.73. The molecule has 1 fully saturated rings. The van der Waals surface area contributed by atoms with Crippen LogP contribution in [0.2, 0.25) is 0 Å². The summed E-state index contributed by atoms with van der Waals surface area (Å²) in [5, 5.41) is 2.94. The number of hydrogen-bond acceptors (Lipinski definition) is 4. The predicted octanol–water partition coefficient (Wildman–Crippen LogP) is 2.61. The molecule has 6 nitrogen and oxygen atoms in total. The zero-order chi connectivity index (χ0) is 19.9. The topological polar surface area (TPSA) is 75.7 Å². The molecule has 2 amide bonds. The first-order valence-electron chi connectivity index (χ1n) is 9.39. The molecular weight excluding hydrogens is 356 g/mol. The number of para-hydroxylation sites is 1. The lowest BCUT2D eigenvalue weighted by Crippen LogP contribution is -2.47. The van der Waals surface area contributed by atoms with Crippen molar-refractivity contribution in [1.82, 2.24) is 10.2 Å². The summed E-state index contributed by atoms with van der Waals surface area (Å²) in [5.41, 5.74) is 2.23. The Hall–Kier alpha value is -3.15. The van der Waals surface area contributed by atoms with E-state index in [0.29, 0.717) is 49.1 Å². The maximum atomic E-state index is 12.5. The number of hydrogen-bond donors (Lipinski definition) is 1. The predicted molar refractivity (Wildman–Crippen MR) is 106 cm³/mol. The summed E-state index contributed by atoms with van der Waals surface area (Å²) >= 11 is 0. The molecule has 0 radical (unpaired) electrons. The second kappa shape index (κ2) is 9.17. The van der Waals surface area contributed by atoms with Gasteiger partial charge >= 0.3 is 0 Å². The number of nitrogens with zero attached hydrogens (tertiary/aromatic N) is 1. The van der Waals surface area contributed by atoms with Gasteiger partial charge in [-0.2, -0.15) is 0 Å². The summed E-state index contributed by atoms with van der Waals surface area (Å²) in [6.07, 6.45) is 2.11. The van der Waals surface area contributed by atoms with Crippen molar-refractivity contribution < 1.29 is 19.1 Å². The Bertz CT molecular complexity index is 840. The van der Waals surface area contributed by atoms with Gasteiger partial charge in [0.05, 0.1) is 5.56 Å². The molecule has 0 saturated carbocycles. The number of carbonyl (C=O) groups is 3. The number of ether oxygens (including phenoxy) is 1. The molecule has 0 spiro atoms. The monoisotopic (exact) mass is 380 g/mol. The minimum absolute atomic E-state index is 0.0134. The number of aldehydes is 1. The Labute approximate surface area is 164 Å². The van der Waals surface area contributed by atoms with Crippen molar-refractivity contribution in [2.75, 3.05) is 19.7 Å². The van der Waals surface area contributed by atoms with Gasteiger partial charge in [0, 0.05) is 24.7 Å². The van der Waals surface area contributed by atoms with Gasteiger partial charge < -0.3 is 15.0 Å². The highest BCUT2D eigenvalue weighted by atomic mass is 16.5. The van der Waals surface area contributed by atoms with Crippen LogP contribution in [0.4, 0.5) is 0 Å². The van der Waals surface area contributed by atoms with Gasteiger partial charge in [-0.1, -0.05) is 29.8 Å². The Balaban J connectivity index is 1.44. The van der Waals surface area contributed by atoms with Crippen molar-refractivity contribution >= 4 is 18.1 Å². The molecule has 1 N–H and O–H groups in total. The molecule has 0 bridgehead atoms. The fourth-order valence-electron chi connectivity index (χ4n) is 3.23. The minimum atomic E-state index is -0.232. The second-order valence-corrected chi connectivity index (χ2v) is 6.94. The summed E-state index contributed by atoms with van der Waals surface area (Å²) in [6, 6.07) is 14.4. The van der Waals surface area contributed by atoms with Gasteiger partial charge in [0.2, 0.25) is 0 Å². The molecule has 1 aliphatic heterocycles. The molecule has 0 unspecified atom stereocenters. The van der Waals surface area contributed by atoms with Crippen molar-refractivity contribution in [3.05, 3.63) is 65.2 Å². The van der Waals surface area contributed by atoms with Crippen LogP contribution in [0.3, 0.4) is 0 Å². The molecule has 0 atom stereocenters. The van der Waals surface area contributed by atoms with Crippen molar-refractivity contribution in [2.45, 2.75) is 25.8 Å². The quantitative estimate of drug-likeness (QED) is 0.782. The number of amides is 2. The highest BCUT2D eigenvalue weighted by Crippen LogP contribution is 2.16. The molecule has 1 saturated heterocycles. The summed E-state index contributed by atoms with van der Waals surface area (Å²) in [6.45, 7) is 3.05. The van der Waals surface area contributed by atoms with Gasteiger partial charge in [-0.15, -0.1) is 0 Å². The summed E-state index contributed by atoms with van der Waals surface area (Å²) in [4.78, 5) is 37.5. The van der Waals surface area contributed by atoms with Gasteiger partial charge in [0.15, 0.2) is 12.9 Å². The Morgan fingerprint density at radius 2 is 1.79 bits per heavy atom. The highest BCUT2D eigenvalue weighted by Gasteiger charge is 2.24. The number of likely N-dealkylation sites (tertiary alicyclic amines) is 1. The lowest BCUT2D eigenvalue weighted by Gasteiger charge is -2.32. The Morgan fingerprint density at radius 3 is 2.46 bits per heavy atom. The first-order valence-corrected chi connectivity index (χ1v) is 9.39. The van der Waals surface area contributed by atoms with Crippen LogP contribution in [0, 0.1) is 6.92 Å². The van der Waals surface area contributed by atoms with Crippen LogP contribution in [-0.4, -0.2) is 48.7 Å². The number of nitrogens with one attached hydrogen (secondary N) is 1. The van der Waals surface area contributed by atoms with Gasteiger partial charge in [0.25, 0.3) is 11.8 Å². The Morgan fingerprint density at radius 1 is 1.11 bits per heavy atom. The fraction of sp³-hybridized carbons (Fsp3) is 0.318. The largest absolute Gasteiger partial charge is 0.483 e. The summed E-state index contributed by atoms with van der Waals surface area (Å²) in [7, 11) is 0. The smallest absolute Gasteiger partial charge is 0.258 e. The van der Waals surface area contributed by atoms with Crippen LogP contribution in [0.15, 0.2) is 48.5 Å². The molecular formula is C22H24N2O4. The Kier molecular flexibility index (Phi) is 6.42. The number of aryl methyl sites for hydroxylation is 1. The normalized spacial score (nSPS) is 14.4. The molecule has 0 aliphatic carbocycles. The number of rotatable bonds is 6. The third kappa shape index (κ3) is 4.97. The molecule has 146 valence electrons. The van der Waals surface area contributed by atoms with Crippen molar-refractivity contribution in [1.29, 1.82) is 0 Å². The molecule has 6 heteroatoms. The van der Waals surface area contributed by atoms with E-state index in [9.17, 15) is 14.4 Å². The lowest BCUT2D eigenvalue weighted by atomic mass is 10.0. The maximum absolute atomic E-state index is 12.5. The molecule has 0 aromatic heterocycles. The molecule has 2 aromatic rings. The van der Waals surface area contributed by atoms with Crippen LogP contribution in [-0.2, 0) is 4.79 Å².